The molecule has 1 aromatic rings. The first kappa shape index (κ1) is 8.74. The smallest absolute Gasteiger partial charge is 0.276 e. The van der Waals surface area contributed by atoms with Crippen molar-refractivity contribution >= 4 is 6.29 Å². The van der Waals surface area contributed by atoms with Gasteiger partial charge in [0.05, 0.1) is 0 Å². The lowest BCUT2D eigenvalue weighted by atomic mass is 10.3. The van der Waals surface area contributed by atoms with Gasteiger partial charge in [0, 0.05) is 6.92 Å². The van der Waals surface area contributed by atoms with Gasteiger partial charge < -0.3 is 9.84 Å². The van der Waals surface area contributed by atoms with Gasteiger partial charge in [-0.3, -0.25) is 4.79 Å². The molecule has 1 radical (unpaired) electrons. The molecule has 1 atom stereocenters. The number of hydrogen-bond acceptors (Lipinski definition) is 3. The molecule has 0 heterocycles. The number of hydrogen-bond donors (Lipinski definition) is 1. The molecule has 0 spiro atoms. The maximum Gasteiger partial charge on any atom is 0.276 e. The minimum atomic E-state index is -1.86. The molecule has 63 valence electrons. The second-order valence-electron chi connectivity index (χ2n) is 2.50. The largest absolute Gasteiger partial charge is 0.455 e. The maximum absolute atomic E-state index is 10.1. The van der Waals surface area contributed by atoms with Crippen LogP contribution < -0.4 is 4.74 Å². The van der Waals surface area contributed by atoms with Crippen molar-refractivity contribution in [2.45, 2.75) is 12.7 Å². The number of para-hydroxylation sites is 1. The first-order valence-corrected chi connectivity index (χ1v) is 3.50. The van der Waals surface area contributed by atoms with Crippen molar-refractivity contribution in [3.05, 3.63) is 30.3 Å². The molecule has 1 rings (SSSR count). The predicted octanol–water partition coefficient (Wildman–Crippen LogP) is 0.884. The number of rotatable bonds is 3. The van der Waals surface area contributed by atoms with E-state index >= 15 is 0 Å². The minimum Gasteiger partial charge on any atom is -0.455 e. The van der Waals surface area contributed by atoms with Crippen LogP contribution in [0.1, 0.15) is 6.92 Å². The zero-order chi connectivity index (χ0) is 9.03. The molecule has 0 fully saturated rings. The fourth-order valence-corrected chi connectivity index (χ4v) is 0.739. The molecule has 0 saturated carbocycles. The summed E-state index contributed by atoms with van der Waals surface area (Å²) in [5, 5.41) is 9.13. The van der Waals surface area contributed by atoms with E-state index in [9.17, 15) is 4.79 Å². The molecular weight excluding hydrogens is 156 g/mol. The van der Waals surface area contributed by atoms with Gasteiger partial charge in [-0.15, -0.1) is 0 Å². The third-order valence-corrected chi connectivity index (χ3v) is 1.25. The Balaban J connectivity index is 2.70. The van der Waals surface area contributed by atoms with Gasteiger partial charge in [-0.05, 0) is 12.1 Å². The quantitative estimate of drug-likeness (QED) is 0.676. The molecule has 1 N–H and O–H groups in total. The van der Waals surface area contributed by atoms with Gasteiger partial charge in [-0.25, -0.2) is 0 Å². The lowest BCUT2D eigenvalue weighted by molar-refractivity contribution is -0.0599. The van der Waals surface area contributed by atoms with E-state index in [0.29, 0.717) is 5.75 Å². The third-order valence-electron chi connectivity index (χ3n) is 1.25. The van der Waals surface area contributed by atoms with Crippen LogP contribution in [0.3, 0.4) is 0 Å². The Hall–Kier alpha value is -1.35. The Morgan fingerprint density at radius 2 is 2.00 bits per heavy atom. The van der Waals surface area contributed by atoms with Crippen LogP contribution in [0.4, 0.5) is 0 Å². The molecule has 12 heavy (non-hydrogen) atoms. The van der Waals surface area contributed by atoms with Crippen LogP contribution in [0.15, 0.2) is 30.3 Å². The van der Waals surface area contributed by atoms with E-state index in [4.69, 9.17) is 9.84 Å². The van der Waals surface area contributed by atoms with Crippen LogP contribution in [-0.2, 0) is 4.79 Å². The van der Waals surface area contributed by atoms with Crippen molar-refractivity contribution in [3.8, 4) is 5.75 Å². The molecule has 3 heteroatoms. The highest BCUT2D eigenvalue weighted by atomic mass is 16.6. The average Bonchev–Trinajstić information content (AvgIpc) is 2.06. The fourth-order valence-electron chi connectivity index (χ4n) is 0.739. The van der Waals surface area contributed by atoms with Crippen molar-refractivity contribution in [2.75, 3.05) is 0 Å². The molecule has 0 aromatic heterocycles. The molecule has 0 bridgehead atoms. The van der Waals surface area contributed by atoms with Gasteiger partial charge in [0.1, 0.15) is 5.75 Å². The van der Waals surface area contributed by atoms with E-state index in [-0.39, 0.29) is 0 Å². The zero-order valence-corrected chi connectivity index (χ0v) is 6.65. The summed E-state index contributed by atoms with van der Waals surface area (Å²) in [6.07, 6.45) is 1.37. The Morgan fingerprint density at radius 3 is 2.50 bits per heavy atom. The Morgan fingerprint density at radius 1 is 1.42 bits per heavy atom. The van der Waals surface area contributed by atoms with E-state index in [1.807, 2.05) is 6.07 Å². The molecule has 0 aliphatic carbocycles. The van der Waals surface area contributed by atoms with Crippen LogP contribution in [0.2, 0.25) is 0 Å². The van der Waals surface area contributed by atoms with Gasteiger partial charge in [-0.1, -0.05) is 18.2 Å². The summed E-state index contributed by atoms with van der Waals surface area (Å²) in [4.78, 5) is 10.1. The van der Waals surface area contributed by atoms with Gasteiger partial charge in [0.15, 0.2) is 0 Å². The van der Waals surface area contributed by atoms with E-state index in [1.165, 1.54) is 13.2 Å². The summed E-state index contributed by atoms with van der Waals surface area (Å²) in [7, 11) is 0. The summed E-state index contributed by atoms with van der Waals surface area (Å²) in [6.45, 7) is 1.23. The van der Waals surface area contributed by atoms with Crippen LogP contribution in [-0.4, -0.2) is 17.2 Å². The monoisotopic (exact) mass is 165 g/mol. The second-order valence-corrected chi connectivity index (χ2v) is 2.50. The van der Waals surface area contributed by atoms with Gasteiger partial charge in [0.25, 0.3) is 12.1 Å². The van der Waals surface area contributed by atoms with Gasteiger partial charge in [0.2, 0.25) is 0 Å². The van der Waals surface area contributed by atoms with Crippen LogP contribution in [0, 0.1) is 0 Å². The summed E-state index contributed by atoms with van der Waals surface area (Å²) in [5.41, 5.74) is 0. The number of aliphatic hydroxyl groups is 1. The molecule has 0 aliphatic rings. The van der Waals surface area contributed by atoms with Crippen molar-refractivity contribution < 1.29 is 14.6 Å². The predicted molar refractivity (Wildman–Crippen MR) is 43.4 cm³/mol. The maximum atomic E-state index is 10.1. The van der Waals surface area contributed by atoms with Gasteiger partial charge in [-0.2, -0.15) is 0 Å². The number of benzene rings is 1. The minimum absolute atomic E-state index is 0.436. The second kappa shape index (κ2) is 3.36. The first-order chi connectivity index (χ1) is 5.64. The summed E-state index contributed by atoms with van der Waals surface area (Å²) < 4.78 is 4.88. The number of ether oxygens (including phenoxy) is 1. The summed E-state index contributed by atoms with van der Waals surface area (Å²) >= 11 is 0. The van der Waals surface area contributed by atoms with Crippen LogP contribution in [0.25, 0.3) is 0 Å². The van der Waals surface area contributed by atoms with Crippen molar-refractivity contribution in [3.63, 3.8) is 0 Å². The Bertz CT molecular complexity index is 254. The third kappa shape index (κ3) is 2.36. The average molecular weight is 165 g/mol. The first-order valence-electron chi connectivity index (χ1n) is 3.50. The van der Waals surface area contributed by atoms with E-state index in [1.54, 1.807) is 24.3 Å². The van der Waals surface area contributed by atoms with Crippen molar-refractivity contribution in [1.29, 1.82) is 0 Å². The molecule has 0 amide bonds. The highest BCUT2D eigenvalue weighted by Crippen LogP contribution is 2.13. The highest BCUT2D eigenvalue weighted by Gasteiger charge is 2.22. The van der Waals surface area contributed by atoms with Crippen LogP contribution in [0.5, 0.6) is 5.75 Å². The normalized spacial score (nSPS) is 14.8. The lowest BCUT2D eigenvalue weighted by Crippen LogP contribution is -2.33. The van der Waals surface area contributed by atoms with E-state index in [2.05, 4.69) is 0 Å². The summed E-state index contributed by atoms with van der Waals surface area (Å²) in [5.74, 6) is -1.42. The zero-order valence-electron chi connectivity index (χ0n) is 6.65. The molecule has 1 aromatic carbocycles. The molecule has 0 aliphatic heterocycles. The molecular formula is C9H9O3. The topological polar surface area (TPSA) is 46.5 Å². The number of carbonyl (C=O) groups excluding carboxylic acids is 1. The van der Waals surface area contributed by atoms with Crippen molar-refractivity contribution in [1.82, 2.24) is 0 Å². The fraction of sp³-hybridized carbons (Fsp3) is 0.222. The molecule has 1 unspecified atom stereocenters. The highest BCUT2D eigenvalue weighted by molar-refractivity contribution is 5.60. The van der Waals surface area contributed by atoms with E-state index in [0.717, 1.165) is 0 Å². The van der Waals surface area contributed by atoms with E-state index < -0.39 is 5.79 Å². The molecule has 0 saturated heterocycles. The van der Waals surface area contributed by atoms with Crippen LogP contribution >= 0.6 is 0 Å². The standard InChI is InChI=1S/C9H9O3/c1-9(11,7-10)12-8-5-3-2-4-6-8/h2-6,11H,1H3. The van der Waals surface area contributed by atoms with Crippen molar-refractivity contribution in [2.24, 2.45) is 0 Å². The SMILES string of the molecule is CC(O)([C]=O)Oc1ccccc1. The summed E-state index contributed by atoms with van der Waals surface area (Å²) in [6, 6.07) is 8.59. The lowest BCUT2D eigenvalue weighted by Gasteiger charge is -2.16. The Labute approximate surface area is 70.6 Å². The molecule has 3 nitrogen and oxygen atoms in total. The Kier molecular flexibility index (Phi) is 2.45. The van der Waals surface area contributed by atoms with Gasteiger partial charge >= 0.3 is 0 Å².